The van der Waals surface area contributed by atoms with E-state index in [4.69, 9.17) is 11.6 Å². The van der Waals surface area contributed by atoms with E-state index in [1.165, 1.54) is 10.1 Å². The average Bonchev–Trinajstić information content (AvgIpc) is 2.91. The molecule has 0 atom stereocenters. The Bertz CT molecular complexity index is 767. The first kappa shape index (κ1) is 13.3. The number of hydrogen-bond donors (Lipinski definition) is 1. The lowest BCUT2D eigenvalue weighted by molar-refractivity contribution is 0.934. The van der Waals surface area contributed by atoms with Crippen LogP contribution in [-0.2, 0) is 6.42 Å². The second kappa shape index (κ2) is 5.38. The largest absolute Gasteiger partial charge is 0.340 e. The molecular formula is C15H14ClN3S. The molecule has 0 radical (unpaired) electrons. The van der Waals surface area contributed by atoms with Crippen molar-refractivity contribution in [2.24, 2.45) is 0 Å². The van der Waals surface area contributed by atoms with E-state index in [9.17, 15) is 0 Å². The fourth-order valence-electron chi connectivity index (χ4n) is 1.99. The number of anilines is 2. The molecule has 0 aliphatic heterocycles. The molecule has 3 aromatic rings. The zero-order valence-corrected chi connectivity index (χ0v) is 12.8. The highest BCUT2D eigenvalue weighted by molar-refractivity contribution is 7.17. The van der Waals surface area contributed by atoms with Crippen LogP contribution in [0.3, 0.4) is 0 Å². The van der Waals surface area contributed by atoms with Crippen LogP contribution in [0.1, 0.15) is 18.3 Å². The molecule has 0 aliphatic carbocycles. The van der Waals surface area contributed by atoms with Gasteiger partial charge in [0.2, 0.25) is 0 Å². The zero-order chi connectivity index (χ0) is 14.1. The van der Waals surface area contributed by atoms with Crippen LogP contribution in [0.2, 0.25) is 5.15 Å². The number of halogens is 1. The molecule has 0 aliphatic rings. The monoisotopic (exact) mass is 303 g/mol. The van der Waals surface area contributed by atoms with E-state index in [-0.39, 0.29) is 0 Å². The van der Waals surface area contributed by atoms with Crippen LogP contribution < -0.4 is 5.32 Å². The van der Waals surface area contributed by atoms with E-state index in [2.05, 4.69) is 44.9 Å². The lowest BCUT2D eigenvalue weighted by atomic mass is 10.2. The fourth-order valence-corrected chi connectivity index (χ4v) is 2.95. The summed E-state index contributed by atoms with van der Waals surface area (Å²) >= 11 is 7.89. The number of fused-ring (bicyclic) bond motifs is 1. The standard InChI is InChI=1S/C15H14ClN3S/c1-3-13-18-14(16)9(2)15(19-13)17-11-4-5-12-10(8-11)6-7-20-12/h4-8H,3H2,1-2H3,(H,17,18,19). The molecule has 1 aromatic carbocycles. The van der Waals surface area contributed by atoms with Gasteiger partial charge in [-0.1, -0.05) is 18.5 Å². The Morgan fingerprint density at radius 3 is 2.90 bits per heavy atom. The first-order chi connectivity index (χ1) is 9.67. The SMILES string of the molecule is CCc1nc(Cl)c(C)c(Nc2ccc3sccc3c2)n1. The maximum absolute atomic E-state index is 6.15. The summed E-state index contributed by atoms with van der Waals surface area (Å²) in [5, 5.41) is 7.17. The van der Waals surface area contributed by atoms with E-state index < -0.39 is 0 Å². The number of rotatable bonds is 3. The second-order valence-electron chi connectivity index (χ2n) is 4.56. The highest BCUT2D eigenvalue weighted by atomic mass is 35.5. The van der Waals surface area contributed by atoms with Crippen molar-refractivity contribution in [2.45, 2.75) is 20.3 Å². The molecule has 0 amide bonds. The van der Waals surface area contributed by atoms with Crippen LogP contribution in [0.4, 0.5) is 11.5 Å². The smallest absolute Gasteiger partial charge is 0.138 e. The summed E-state index contributed by atoms with van der Waals surface area (Å²) in [7, 11) is 0. The fraction of sp³-hybridized carbons (Fsp3) is 0.200. The van der Waals surface area contributed by atoms with E-state index in [0.717, 1.165) is 29.3 Å². The minimum absolute atomic E-state index is 0.510. The molecule has 2 aromatic heterocycles. The number of aryl methyl sites for hydroxylation is 1. The molecule has 3 nitrogen and oxygen atoms in total. The van der Waals surface area contributed by atoms with Crippen molar-refractivity contribution in [2.75, 3.05) is 5.32 Å². The third-order valence-corrected chi connectivity index (χ3v) is 4.43. The van der Waals surface area contributed by atoms with Gasteiger partial charge in [0.05, 0.1) is 0 Å². The molecule has 5 heteroatoms. The second-order valence-corrected chi connectivity index (χ2v) is 5.86. The lowest BCUT2D eigenvalue weighted by Gasteiger charge is -2.11. The quantitative estimate of drug-likeness (QED) is 0.695. The Kier molecular flexibility index (Phi) is 3.59. The Hall–Kier alpha value is -1.65. The molecular weight excluding hydrogens is 290 g/mol. The van der Waals surface area contributed by atoms with Gasteiger partial charge in [-0.2, -0.15) is 0 Å². The summed E-state index contributed by atoms with van der Waals surface area (Å²) in [5.74, 6) is 1.52. The van der Waals surface area contributed by atoms with Crippen LogP contribution in [-0.4, -0.2) is 9.97 Å². The highest BCUT2D eigenvalue weighted by Gasteiger charge is 2.09. The molecule has 1 N–H and O–H groups in total. The molecule has 2 heterocycles. The van der Waals surface area contributed by atoms with Crippen LogP contribution in [0.25, 0.3) is 10.1 Å². The molecule has 0 spiro atoms. The van der Waals surface area contributed by atoms with E-state index in [0.29, 0.717) is 5.15 Å². The van der Waals surface area contributed by atoms with Gasteiger partial charge in [0.25, 0.3) is 0 Å². The van der Waals surface area contributed by atoms with Crippen molar-refractivity contribution in [3.8, 4) is 0 Å². The number of aromatic nitrogens is 2. The maximum atomic E-state index is 6.15. The molecule has 102 valence electrons. The van der Waals surface area contributed by atoms with Crippen molar-refractivity contribution >= 4 is 44.5 Å². The third kappa shape index (κ3) is 2.49. The van der Waals surface area contributed by atoms with Gasteiger partial charge in [-0.3, -0.25) is 0 Å². The van der Waals surface area contributed by atoms with E-state index >= 15 is 0 Å². The predicted molar refractivity (Wildman–Crippen MR) is 86.3 cm³/mol. The predicted octanol–water partition coefficient (Wildman–Crippen LogP) is 4.96. The molecule has 0 unspecified atom stereocenters. The normalized spacial score (nSPS) is 10.9. The topological polar surface area (TPSA) is 37.8 Å². The number of nitrogens with one attached hydrogen (secondary N) is 1. The molecule has 0 saturated heterocycles. The van der Waals surface area contributed by atoms with E-state index in [1.54, 1.807) is 11.3 Å². The lowest BCUT2D eigenvalue weighted by Crippen LogP contribution is -2.03. The van der Waals surface area contributed by atoms with Crippen molar-refractivity contribution in [1.29, 1.82) is 0 Å². The van der Waals surface area contributed by atoms with Gasteiger partial charge in [0.1, 0.15) is 16.8 Å². The zero-order valence-electron chi connectivity index (χ0n) is 11.3. The van der Waals surface area contributed by atoms with Crippen LogP contribution >= 0.6 is 22.9 Å². The summed E-state index contributed by atoms with van der Waals surface area (Å²) in [6, 6.07) is 8.40. The number of hydrogen-bond acceptors (Lipinski definition) is 4. The van der Waals surface area contributed by atoms with Crippen LogP contribution in [0.5, 0.6) is 0 Å². The molecule has 0 saturated carbocycles. The summed E-state index contributed by atoms with van der Waals surface area (Å²) in [6.07, 6.45) is 0.762. The Morgan fingerprint density at radius 2 is 2.10 bits per heavy atom. The molecule has 20 heavy (non-hydrogen) atoms. The van der Waals surface area contributed by atoms with Gasteiger partial charge in [-0.15, -0.1) is 11.3 Å². The van der Waals surface area contributed by atoms with Gasteiger partial charge in [0, 0.05) is 22.4 Å². The van der Waals surface area contributed by atoms with Crippen LogP contribution in [0.15, 0.2) is 29.6 Å². The maximum Gasteiger partial charge on any atom is 0.138 e. The number of benzene rings is 1. The average molecular weight is 304 g/mol. The number of nitrogens with zero attached hydrogens (tertiary/aromatic N) is 2. The minimum atomic E-state index is 0.510. The Balaban J connectivity index is 1.99. The van der Waals surface area contributed by atoms with Crippen molar-refractivity contribution in [3.63, 3.8) is 0 Å². The first-order valence-corrected chi connectivity index (χ1v) is 7.70. The Labute approximate surface area is 126 Å². The Morgan fingerprint density at radius 1 is 1.25 bits per heavy atom. The summed E-state index contributed by atoms with van der Waals surface area (Å²) < 4.78 is 1.28. The van der Waals surface area contributed by atoms with Gasteiger partial charge in [-0.25, -0.2) is 9.97 Å². The summed E-state index contributed by atoms with van der Waals surface area (Å²) in [5.41, 5.74) is 1.88. The molecule has 3 rings (SSSR count). The highest BCUT2D eigenvalue weighted by Crippen LogP contribution is 2.28. The van der Waals surface area contributed by atoms with Gasteiger partial charge in [-0.05, 0) is 42.0 Å². The number of thiophene rings is 1. The first-order valence-electron chi connectivity index (χ1n) is 6.44. The molecule has 0 bridgehead atoms. The minimum Gasteiger partial charge on any atom is -0.340 e. The van der Waals surface area contributed by atoms with Gasteiger partial charge < -0.3 is 5.32 Å². The summed E-state index contributed by atoms with van der Waals surface area (Å²) in [6.45, 7) is 3.94. The van der Waals surface area contributed by atoms with Crippen molar-refractivity contribution in [3.05, 3.63) is 46.2 Å². The van der Waals surface area contributed by atoms with Gasteiger partial charge >= 0.3 is 0 Å². The van der Waals surface area contributed by atoms with Crippen molar-refractivity contribution in [1.82, 2.24) is 9.97 Å². The van der Waals surface area contributed by atoms with Gasteiger partial charge in [0.15, 0.2) is 0 Å². The molecule has 0 fully saturated rings. The van der Waals surface area contributed by atoms with E-state index in [1.807, 2.05) is 13.8 Å². The summed E-state index contributed by atoms with van der Waals surface area (Å²) in [4.78, 5) is 8.76. The van der Waals surface area contributed by atoms with Crippen molar-refractivity contribution < 1.29 is 0 Å². The third-order valence-electron chi connectivity index (χ3n) is 3.16. The van der Waals surface area contributed by atoms with Crippen LogP contribution in [0, 0.1) is 6.92 Å².